The van der Waals surface area contributed by atoms with Crippen LogP contribution in [0.1, 0.15) is 18.4 Å². The van der Waals surface area contributed by atoms with E-state index in [9.17, 15) is 18.8 Å². The van der Waals surface area contributed by atoms with Crippen molar-refractivity contribution >= 4 is 16.9 Å². The molecule has 0 saturated carbocycles. The van der Waals surface area contributed by atoms with E-state index in [-0.39, 0.29) is 23.8 Å². The van der Waals surface area contributed by atoms with Gasteiger partial charge in [-0.1, -0.05) is 18.2 Å². The van der Waals surface area contributed by atoms with E-state index in [0.717, 1.165) is 30.5 Å². The molecule has 0 unspecified atom stereocenters. The zero-order valence-corrected chi connectivity index (χ0v) is 18.4. The third-order valence-corrected chi connectivity index (χ3v) is 6.32. The number of amides is 1. The van der Waals surface area contributed by atoms with Crippen LogP contribution >= 0.6 is 0 Å². The molecule has 4 rings (SSSR count). The van der Waals surface area contributed by atoms with Crippen molar-refractivity contribution in [3.63, 3.8) is 0 Å². The number of carbonyl (C=O) groups excluding carboxylic acids is 1. The number of rotatable bonds is 6. The van der Waals surface area contributed by atoms with Crippen molar-refractivity contribution in [1.29, 1.82) is 0 Å². The summed E-state index contributed by atoms with van der Waals surface area (Å²) in [6.07, 6.45) is 3.53. The molecule has 0 aliphatic carbocycles. The fourth-order valence-electron chi connectivity index (χ4n) is 4.40. The van der Waals surface area contributed by atoms with E-state index in [2.05, 4.69) is 10.2 Å². The number of hydrogen-bond acceptors (Lipinski definition) is 4. The Morgan fingerprint density at radius 1 is 1.09 bits per heavy atom. The number of nitrogens with one attached hydrogen (secondary N) is 1. The number of fused-ring (bicyclic) bond motifs is 1. The van der Waals surface area contributed by atoms with E-state index in [1.165, 1.54) is 17.7 Å². The van der Waals surface area contributed by atoms with E-state index >= 15 is 0 Å². The molecular weight excluding hydrogens is 413 g/mol. The van der Waals surface area contributed by atoms with Gasteiger partial charge in [-0.3, -0.25) is 23.6 Å². The Morgan fingerprint density at radius 3 is 2.53 bits per heavy atom. The largest absolute Gasteiger partial charge is 0.354 e. The van der Waals surface area contributed by atoms with Crippen LogP contribution in [0.4, 0.5) is 4.39 Å². The van der Waals surface area contributed by atoms with Crippen molar-refractivity contribution in [2.45, 2.75) is 25.9 Å². The first-order valence-corrected chi connectivity index (χ1v) is 10.8. The molecule has 1 aliphatic heterocycles. The maximum absolute atomic E-state index is 13.9. The molecule has 1 N–H and O–H groups in total. The Labute approximate surface area is 184 Å². The normalized spacial score (nSPS) is 15.3. The van der Waals surface area contributed by atoms with Crippen LogP contribution in [0.3, 0.4) is 0 Å². The van der Waals surface area contributed by atoms with Crippen LogP contribution in [-0.2, 0) is 32.0 Å². The smallest absolute Gasteiger partial charge is 0.332 e. The van der Waals surface area contributed by atoms with Crippen LogP contribution in [-0.4, -0.2) is 44.1 Å². The van der Waals surface area contributed by atoms with Crippen molar-refractivity contribution < 1.29 is 9.18 Å². The highest BCUT2D eigenvalue weighted by Crippen LogP contribution is 2.19. The molecule has 9 heteroatoms. The Hall–Kier alpha value is -3.20. The molecule has 1 fully saturated rings. The summed E-state index contributed by atoms with van der Waals surface area (Å²) in [5.41, 5.74) is 0.353. The summed E-state index contributed by atoms with van der Waals surface area (Å²) in [6.45, 7) is 2.94. The van der Waals surface area contributed by atoms with Gasteiger partial charge in [0.05, 0.1) is 5.39 Å². The summed E-state index contributed by atoms with van der Waals surface area (Å²) < 4.78 is 17.9. The Morgan fingerprint density at radius 2 is 1.81 bits per heavy atom. The minimum Gasteiger partial charge on any atom is -0.354 e. The number of aryl methyl sites for hydroxylation is 1. The van der Waals surface area contributed by atoms with E-state index in [0.29, 0.717) is 35.6 Å². The predicted octanol–water partition coefficient (Wildman–Crippen LogP) is 1.21. The van der Waals surface area contributed by atoms with Crippen molar-refractivity contribution in [1.82, 2.24) is 23.9 Å². The lowest BCUT2D eigenvalue weighted by Gasteiger charge is -2.32. The minimum atomic E-state index is -0.426. The van der Waals surface area contributed by atoms with Gasteiger partial charge in [0.1, 0.15) is 18.0 Å². The average molecular weight is 442 g/mol. The van der Waals surface area contributed by atoms with Gasteiger partial charge < -0.3 is 9.88 Å². The van der Waals surface area contributed by atoms with Crippen LogP contribution in [0.2, 0.25) is 0 Å². The standard InChI is InChI=1S/C23H28FN5O3/c1-26-21-18(22(31)27(2)23(26)32)9-12-29(21)15-20(30)25-13-16-7-10-28(11-8-16)14-17-5-3-4-6-19(17)24/h3-6,9,12,16H,7-8,10-11,13-15H2,1-2H3,(H,25,30). The molecule has 170 valence electrons. The highest BCUT2D eigenvalue weighted by molar-refractivity contribution is 5.80. The van der Waals surface area contributed by atoms with Gasteiger partial charge in [-0.05, 0) is 44.0 Å². The van der Waals surface area contributed by atoms with E-state index in [4.69, 9.17) is 0 Å². The first-order valence-electron chi connectivity index (χ1n) is 10.8. The Balaban J connectivity index is 1.31. The first-order chi connectivity index (χ1) is 15.3. The molecule has 1 amide bonds. The van der Waals surface area contributed by atoms with Gasteiger partial charge in [0, 0.05) is 38.9 Å². The van der Waals surface area contributed by atoms with E-state index < -0.39 is 5.69 Å². The van der Waals surface area contributed by atoms with Crippen molar-refractivity contribution in [3.8, 4) is 0 Å². The number of aromatic nitrogens is 3. The summed E-state index contributed by atoms with van der Waals surface area (Å²) in [6, 6.07) is 8.49. The number of likely N-dealkylation sites (tertiary alicyclic amines) is 1. The summed E-state index contributed by atoms with van der Waals surface area (Å²) in [7, 11) is 3.03. The maximum atomic E-state index is 13.9. The number of nitrogens with zero attached hydrogens (tertiary/aromatic N) is 4. The highest BCUT2D eigenvalue weighted by atomic mass is 19.1. The lowest BCUT2D eigenvalue weighted by Crippen LogP contribution is -2.39. The van der Waals surface area contributed by atoms with Gasteiger partial charge in [0.15, 0.2) is 0 Å². The lowest BCUT2D eigenvalue weighted by atomic mass is 9.96. The fourth-order valence-corrected chi connectivity index (χ4v) is 4.40. The second-order valence-electron chi connectivity index (χ2n) is 8.50. The predicted molar refractivity (Wildman–Crippen MR) is 120 cm³/mol. The molecule has 1 aliphatic rings. The van der Waals surface area contributed by atoms with Crippen molar-refractivity contribution in [3.05, 3.63) is 68.7 Å². The van der Waals surface area contributed by atoms with Crippen LogP contribution in [0.15, 0.2) is 46.1 Å². The van der Waals surface area contributed by atoms with Gasteiger partial charge in [0.25, 0.3) is 5.56 Å². The van der Waals surface area contributed by atoms with E-state index in [1.807, 2.05) is 12.1 Å². The number of carbonyl (C=O) groups is 1. The molecule has 0 bridgehead atoms. The summed E-state index contributed by atoms with van der Waals surface area (Å²) >= 11 is 0. The highest BCUT2D eigenvalue weighted by Gasteiger charge is 2.21. The molecule has 3 heterocycles. The summed E-state index contributed by atoms with van der Waals surface area (Å²) in [5, 5.41) is 3.39. The van der Waals surface area contributed by atoms with Crippen LogP contribution < -0.4 is 16.6 Å². The SMILES string of the molecule is Cn1c(=O)c2ccn(CC(=O)NCC3CCN(Cc4ccccc4F)CC3)c2n(C)c1=O. The molecule has 1 aromatic carbocycles. The number of hydrogen-bond donors (Lipinski definition) is 1. The fraction of sp³-hybridized carbons (Fsp3) is 0.435. The zero-order chi connectivity index (χ0) is 22.8. The van der Waals surface area contributed by atoms with Crippen LogP contribution in [0.25, 0.3) is 11.0 Å². The molecule has 0 radical (unpaired) electrons. The number of halogens is 1. The molecule has 8 nitrogen and oxygen atoms in total. The summed E-state index contributed by atoms with van der Waals surface area (Å²) in [4.78, 5) is 39.3. The van der Waals surface area contributed by atoms with Gasteiger partial charge in [-0.25, -0.2) is 9.18 Å². The molecule has 2 aromatic heterocycles. The van der Waals surface area contributed by atoms with Crippen molar-refractivity contribution in [2.24, 2.45) is 20.0 Å². The third kappa shape index (κ3) is 4.38. The third-order valence-electron chi connectivity index (χ3n) is 6.32. The van der Waals surface area contributed by atoms with E-state index in [1.54, 1.807) is 29.9 Å². The Bertz CT molecular complexity index is 1250. The molecule has 0 atom stereocenters. The molecule has 32 heavy (non-hydrogen) atoms. The second-order valence-corrected chi connectivity index (χ2v) is 8.50. The number of benzene rings is 1. The van der Waals surface area contributed by atoms with Gasteiger partial charge in [-0.2, -0.15) is 0 Å². The monoisotopic (exact) mass is 441 g/mol. The zero-order valence-electron chi connectivity index (χ0n) is 18.4. The van der Waals surface area contributed by atoms with Crippen LogP contribution in [0.5, 0.6) is 0 Å². The quantitative estimate of drug-likeness (QED) is 0.624. The second kappa shape index (κ2) is 9.12. The van der Waals surface area contributed by atoms with Gasteiger partial charge >= 0.3 is 5.69 Å². The van der Waals surface area contributed by atoms with Gasteiger partial charge in [0.2, 0.25) is 5.91 Å². The average Bonchev–Trinajstić information content (AvgIpc) is 3.21. The van der Waals surface area contributed by atoms with Gasteiger partial charge in [-0.15, -0.1) is 0 Å². The van der Waals surface area contributed by atoms with Crippen molar-refractivity contribution in [2.75, 3.05) is 19.6 Å². The summed E-state index contributed by atoms with van der Waals surface area (Å²) in [5.74, 6) is 0.0352. The molecule has 3 aromatic rings. The molecule has 1 saturated heterocycles. The topological polar surface area (TPSA) is 81.3 Å². The number of piperidine rings is 1. The maximum Gasteiger partial charge on any atom is 0.332 e. The Kier molecular flexibility index (Phi) is 6.27. The molecule has 0 spiro atoms. The van der Waals surface area contributed by atoms with Crippen LogP contribution in [0, 0.1) is 11.7 Å². The minimum absolute atomic E-state index is 0.0378. The first kappa shape index (κ1) is 22.0. The molecular formula is C23H28FN5O3. The lowest BCUT2D eigenvalue weighted by molar-refractivity contribution is -0.121.